The molecule has 4 heteroatoms. The van der Waals surface area contributed by atoms with Gasteiger partial charge in [-0.1, -0.05) is 6.92 Å². The van der Waals surface area contributed by atoms with Gasteiger partial charge >= 0.3 is 0 Å². The highest BCUT2D eigenvalue weighted by Gasteiger charge is 2.23. The van der Waals surface area contributed by atoms with Crippen LogP contribution in [0.15, 0.2) is 18.3 Å². The standard InChI is InChI=1S/C15H23FN2O/c1-11-3-4-12(2)18(10-11)8-7-15(19)14-6-5-13(16)9-17-14/h5-6,9,11-12,15,19H,3-4,7-8,10H2,1-2H3. The third-order valence-electron chi connectivity index (χ3n) is 4.03. The fourth-order valence-corrected chi connectivity index (χ4v) is 2.71. The Morgan fingerprint density at radius 3 is 2.89 bits per heavy atom. The molecule has 3 unspecified atom stereocenters. The summed E-state index contributed by atoms with van der Waals surface area (Å²) in [4.78, 5) is 6.36. The topological polar surface area (TPSA) is 36.4 Å². The van der Waals surface area contributed by atoms with Gasteiger partial charge in [0.15, 0.2) is 0 Å². The van der Waals surface area contributed by atoms with Crippen LogP contribution in [0, 0.1) is 11.7 Å². The fraction of sp³-hybridized carbons (Fsp3) is 0.667. The van der Waals surface area contributed by atoms with Crippen LogP contribution >= 0.6 is 0 Å². The van der Waals surface area contributed by atoms with Crippen LogP contribution in [0.5, 0.6) is 0 Å². The molecule has 1 N–H and O–H groups in total. The van der Waals surface area contributed by atoms with Crippen molar-refractivity contribution in [3.63, 3.8) is 0 Å². The fourth-order valence-electron chi connectivity index (χ4n) is 2.71. The number of aliphatic hydroxyl groups is 1. The van der Waals surface area contributed by atoms with Crippen LogP contribution in [0.25, 0.3) is 0 Å². The number of hydrogen-bond donors (Lipinski definition) is 1. The smallest absolute Gasteiger partial charge is 0.141 e. The van der Waals surface area contributed by atoms with Gasteiger partial charge in [0.25, 0.3) is 0 Å². The van der Waals surface area contributed by atoms with E-state index in [4.69, 9.17) is 0 Å². The maximum absolute atomic E-state index is 12.8. The molecular formula is C15H23FN2O. The molecule has 2 heterocycles. The zero-order valence-electron chi connectivity index (χ0n) is 11.7. The van der Waals surface area contributed by atoms with Gasteiger partial charge in [0.1, 0.15) is 5.82 Å². The van der Waals surface area contributed by atoms with E-state index in [0.29, 0.717) is 18.2 Å². The average Bonchev–Trinajstić information content (AvgIpc) is 2.40. The molecule has 0 aliphatic carbocycles. The summed E-state index contributed by atoms with van der Waals surface area (Å²) in [6.45, 7) is 6.49. The molecule has 1 saturated heterocycles. The molecule has 1 aromatic heterocycles. The van der Waals surface area contributed by atoms with Crippen molar-refractivity contribution in [3.8, 4) is 0 Å². The predicted molar refractivity (Wildman–Crippen MR) is 73.2 cm³/mol. The highest BCUT2D eigenvalue weighted by atomic mass is 19.1. The van der Waals surface area contributed by atoms with Crippen molar-refractivity contribution in [2.24, 2.45) is 5.92 Å². The van der Waals surface area contributed by atoms with E-state index >= 15 is 0 Å². The lowest BCUT2D eigenvalue weighted by molar-refractivity contribution is 0.0892. The Kier molecular flexibility index (Phi) is 4.88. The molecule has 0 saturated carbocycles. The van der Waals surface area contributed by atoms with E-state index in [1.165, 1.54) is 18.9 Å². The first-order chi connectivity index (χ1) is 9.06. The Labute approximate surface area is 114 Å². The Hall–Kier alpha value is -1.00. The van der Waals surface area contributed by atoms with E-state index in [9.17, 15) is 9.50 Å². The van der Waals surface area contributed by atoms with Crippen molar-refractivity contribution in [1.29, 1.82) is 0 Å². The third kappa shape index (κ3) is 3.98. The van der Waals surface area contributed by atoms with Crippen LogP contribution in [-0.4, -0.2) is 34.1 Å². The summed E-state index contributed by atoms with van der Waals surface area (Å²) in [6, 6.07) is 3.49. The SMILES string of the molecule is CC1CCC(C)N(CCC(O)c2ccc(F)cn2)C1. The number of pyridine rings is 1. The molecule has 19 heavy (non-hydrogen) atoms. The quantitative estimate of drug-likeness (QED) is 0.910. The Bertz CT molecular complexity index is 396. The second kappa shape index (κ2) is 6.44. The zero-order valence-corrected chi connectivity index (χ0v) is 11.7. The summed E-state index contributed by atoms with van der Waals surface area (Å²) in [6.07, 6.45) is 3.72. The second-order valence-corrected chi connectivity index (χ2v) is 5.73. The van der Waals surface area contributed by atoms with Gasteiger partial charge in [-0.2, -0.15) is 0 Å². The number of likely N-dealkylation sites (tertiary alicyclic amines) is 1. The van der Waals surface area contributed by atoms with E-state index in [1.807, 2.05) is 0 Å². The average molecular weight is 266 g/mol. The van der Waals surface area contributed by atoms with Gasteiger partial charge in [0.05, 0.1) is 18.0 Å². The molecule has 1 fully saturated rings. The molecule has 0 spiro atoms. The summed E-state index contributed by atoms with van der Waals surface area (Å²) in [5, 5.41) is 10.1. The van der Waals surface area contributed by atoms with E-state index in [1.54, 1.807) is 6.07 Å². The lowest BCUT2D eigenvalue weighted by Gasteiger charge is -2.37. The van der Waals surface area contributed by atoms with E-state index in [2.05, 4.69) is 23.7 Å². The highest BCUT2D eigenvalue weighted by molar-refractivity contribution is 5.08. The summed E-state index contributed by atoms with van der Waals surface area (Å²) in [7, 11) is 0. The van der Waals surface area contributed by atoms with Crippen LogP contribution in [0.2, 0.25) is 0 Å². The van der Waals surface area contributed by atoms with Crippen molar-refractivity contribution in [2.75, 3.05) is 13.1 Å². The minimum absolute atomic E-state index is 0.366. The lowest BCUT2D eigenvalue weighted by atomic mass is 9.94. The van der Waals surface area contributed by atoms with Crippen LogP contribution in [0.3, 0.4) is 0 Å². The number of nitrogens with zero attached hydrogens (tertiary/aromatic N) is 2. The van der Waals surface area contributed by atoms with Crippen LogP contribution in [0.4, 0.5) is 4.39 Å². The molecular weight excluding hydrogens is 243 g/mol. The largest absolute Gasteiger partial charge is 0.387 e. The van der Waals surface area contributed by atoms with Gasteiger partial charge in [-0.15, -0.1) is 0 Å². The lowest BCUT2D eigenvalue weighted by Crippen LogP contribution is -2.41. The number of halogens is 1. The summed E-state index contributed by atoms with van der Waals surface area (Å²) >= 11 is 0. The van der Waals surface area contributed by atoms with Crippen molar-refractivity contribution in [3.05, 3.63) is 29.8 Å². The van der Waals surface area contributed by atoms with Crippen LogP contribution < -0.4 is 0 Å². The molecule has 3 atom stereocenters. The minimum Gasteiger partial charge on any atom is -0.387 e. The second-order valence-electron chi connectivity index (χ2n) is 5.73. The summed E-state index contributed by atoms with van der Waals surface area (Å²) in [5.74, 6) is 0.367. The van der Waals surface area contributed by atoms with E-state index < -0.39 is 6.10 Å². The van der Waals surface area contributed by atoms with Gasteiger partial charge in [-0.3, -0.25) is 4.98 Å². The molecule has 3 nitrogen and oxygen atoms in total. The Balaban J connectivity index is 1.85. The normalized spacial score (nSPS) is 26.3. The highest BCUT2D eigenvalue weighted by Crippen LogP contribution is 2.23. The maximum atomic E-state index is 12.8. The van der Waals surface area contributed by atoms with Crippen LogP contribution in [-0.2, 0) is 0 Å². The molecule has 1 aliphatic rings. The molecule has 106 valence electrons. The van der Waals surface area contributed by atoms with Crippen molar-refractivity contribution in [1.82, 2.24) is 9.88 Å². The monoisotopic (exact) mass is 266 g/mol. The minimum atomic E-state index is -0.606. The van der Waals surface area contributed by atoms with Gasteiger partial charge in [0.2, 0.25) is 0 Å². The Morgan fingerprint density at radius 1 is 1.42 bits per heavy atom. The van der Waals surface area contributed by atoms with Crippen molar-refractivity contribution in [2.45, 2.75) is 45.3 Å². The number of rotatable bonds is 4. The predicted octanol–water partition coefficient (Wildman–Crippen LogP) is 2.76. The first-order valence-electron chi connectivity index (χ1n) is 7.10. The third-order valence-corrected chi connectivity index (χ3v) is 4.03. The molecule has 0 aromatic carbocycles. The summed E-state index contributed by atoms with van der Waals surface area (Å²) < 4.78 is 12.8. The van der Waals surface area contributed by atoms with Gasteiger partial charge < -0.3 is 10.0 Å². The molecule has 0 amide bonds. The van der Waals surface area contributed by atoms with Crippen LogP contribution in [0.1, 0.15) is 44.9 Å². The first-order valence-corrected chi connectivity index (χ1v) is 7.10. The molecule has 0 bridgehead atoms. The number of aromatic nitrogens is 1. The molecule has 2 rings (SSSR count). The number of hydrogen-bond acceptors (Lipinski definition) is 3. The zero-order chi connectivity index (χ0) is 13.8. The number of piperidine rings is 1. The molecule has 0 radical (unpaired) electrons. The van der Waals surface area contributed by atoms with E-state index in [-0.39, 0.29) is 5.82 Å². The molecule has 1 aliphatic heterocycles. The van der Waals surface area contributed by atoms with E-state index in [0.717, 1.165) is 25.2 Å². The van der Waals surface area contributed by atoms with Gasteiger partial charge in [-0.25, -0.2) is 4.39 Å². The molecule has 1 aromatic rings. The van der Waals surface area contributed by atoms with Gasteiger partial charge in [-0.05, 0) is 44.2 Å². The van der Waals surface area contributed by atoms with Gasteiger partial charge in [0, 0.05) is 19.1 Å². The Morgan fingerprint density at radius 2 is 2.21 bits per heavy atom. The number of aliphatic hydroxyl groups excluding tert-OH is 1. The summed E-state index contributed by atoms with van der Waals surface area (Å²) in [5.41, 5.74) is 0.555. The van der Waals surface area contributed by atoms with Crippen molar-refractivity contribution >= 4 is 0 Å². The first kappa shape index (κ1) is 14.4. The maximum Gasteiger partial charge on any atom is 0.141 e. The van der Waals surface area contributed by atoms with Crippen molar-refractivity contribution < 1.29 is 9.50 Å².